The molecule has 4 aromatic rings. The lowest BCUT2D eigenvalue weighted by Crippen LogP contribution is -2.40. The second kappa shape index (κ2) is 8.82. The summed E-state index contributed by atoms with van der Waals surface area (Å²) in [6, 6.07) is 12.7. The Morgan fingerprint density at radius 1 is 1.06 bits per heavy atom. The fourth-order valence-electron chi connectivity index (χ4n) is 3.71. The molecule has 1 aliphatic heterocycles. The van der Waals surface area contributed by atoms with Gasteiger partial charge in [0.05, 0.1) is 42.0 Å². The molecule has 1 fully saturated rings. The number of nitrogens with zero attached hydrogens (tertiary/aromatic N) is 4. The Morgan fingerprint density at radius 3 is 2.56 bits per heavy atom. The molecule has 174 valence electrons. The number of ether oxygens (including phenoxy) is 1. The molecule has 2 aromatic carbocycles. The van der Waals surface area contributed by atoms with Crippen LogP contribution in [0.25, 0.3) is 16.7 Å². The molecule has 34 heavy (non-hydrogen) atoms. The Balaban J connectivity index is 1.40. The van der Waals surface area contributed by atoms with Gasteiger partial charge < -0.3 is 15.0 Å². The van der Waals surface area contributed by atoms with Crippen molar-refractivity contribution in [3.8, 4) is 5.69 Å². The number of sulfonamides is 1. The number of rotatable bonds is 5. The van der Waals surface area contributed by atoms with Gasteiger partial charge in [0.2, 0.25) is 10.0 Å². The minimum atomic E-state index is -3.65. The van der Waals surface area contributed by atoms with Crippen LogP contribution in [0.5, 0.6) is 0 Å². The molecule has 0 saturated carbocycles. The van der Waals surface area contributed by atoms with E-state index in [9.17, 15) is 18.0 Å². The predicted molar refractivity (Wildman–Crippen MR) is 123 cm³/mol. The standard InChI is InChI=1S/C22H20N6O5S/c29-21(15-5-7-16(8-6-15)34(31,32)27-9-11-33-12-10-27)26-18-3-1-2-4-19(18)28-20-17(13-25-28)22(30)24-14-23-20/h1-8,13-14H,9-12H2,(H,26,29)(H,23,24,30). The Morgan fingerprint density at radius 2 is 1.79 bits per heavy atom. The van der Waals surface area contributed by atoms with Crippen molar-refractivity contribution in [2.45, 2.75) is 4.90 Å². The summed E-state index contributed by atoms with van der Waals surface area (Å²) in [6.07, 6.45) is 2.70. The van der Waals surface area contributed by atoms with E-state index in [0.717, 1.165) is 0 Å². The summed E-state index contributed by atoms with van der Waals surface area (Å²) in [6.45, 7) is 1.30. The number of amides is 1. The molecule has 0 bridgehead atoms. The van der Waals surface area contributed by atoms with Gasteiger partial charge in [-0.2, -0.15) is 9.40 Å². The number of fused-ring (bicyclic) bond motifs is 1. The first-order valence-corrected chi connectivity index (χ1v) is 11.9. The Hall–Kier alpha value is -3.87. The second-order valence-electron chi connectivity index (χ2n) is 7.54. The third-order valence-corrected chi connectivity index (χ3v) is 7.39. The maximum Gasteiger partial charge on any atom is 0.261 e. The lowest BCUT2D eigenvalue weighted by Gasteiger charge is -2.26. The highest BCUT2D eigenvalue weighted by Crippen LogP contribution is 2.23. The first-order valence-electron chi connectivity index (χ1n) is 10.5. The van der Waals surface area contributed by atoms with E-state index in [2.05, 4.69) is 20.4 Å². The van der Waals surface area contributed by atoms with Crippen LogP contribution in [0.2, 0.25) is 0 Å². The Kier molecular flexibility index (Phi) is 5.69. The van der Waals surface area contributed by atoms with Gasteiger partial charge in [0.1, 0.15) is 5.39 Å². The molecule has 0 aliphatic carbocycles. The number of hydrogen-bond donors (Lipinski definition) is 2. The van der Waals surface area contributed by atoms with Crippen LogP contribution < -0.4 is 10.9 Å². The topological polar surface area (TPSA) is 139 Å². The number of carbonyl (C=O) groups is 1. The zero-order valence-electron chi connectivity index (χ0n) is 17.8. The first-order chi connectivity index (χ1) is 16.4. The molecule has 0 spiro atoms. The van der Waals surface area contributed by atoms with Crippen LogP contribution >= 0.6 is 0 Å². The minimum Gasteiger partial charge on any atom is -0.379 e. The van der Waals surface area contributed by atoms with Gasteiger partial charge in [-0.05, 0) is 36.4 Å². The molecule has 0 radical (unpaired) electrons. The molecule has 3 heterocycles. The number of hydrogen-bond acceptors (Lipinski definition) is 7. The van der Waals surface area contributed by atoms with Crippen molar-refractivity contribution < 1.29 is 17.9 Å². The summed E-state index contributed by atoms with van der Waals surface area (Å²) in [7, 11) is -3.65. The van der Waals surface area contributed by atoms with E-state index in [0.29, 0.717) is 48.7 Å². The summed E-state index contributed by atoms with van der Waals surface area (Å²) in [5.41, 5.74) is 1.30. The Bertz CT molecular complexity index is 1520. The van der Waals surface area contributed by atoms with Crippen LogP contribution in [-0.4, -0.2) is 64.7 Å². The van der Waals surface area contributed by atoms with Gasteiger partial charge in [0.25, 0.3) is 11.5 Å². The summed E-state index contributed by atoms with van der Waals surface area (Å²) in [4.78, 5) is 31.7. The lowest BCUT2D eigenvalue weighted by atomic mass is 10.2. The summed E-state index contributed by atoms with van der Waals surface area (Å²) >= 11 is 0. The maximum absolute atomic E-state index is 12.9. The average molecular weight is 481 g/mol. The van der Waals surface area contributed by atoms with Crippen molar-refractivity contribution in [1.29, 1.82) is 0 Å². The molecule has 0 unspecified atom stereocenters. The molecule has 2 N–H and O–H groups in total. The number of aromatic amines is 1. The fraction of sp³-hybridized carbons (Fsp3) is 0.182. The van der Waals surface area contributed by atoms with Crippen molar-refractivity contribution in [2.24, 2.45) is 0 Å². The smallest absolute Gasteiger partial charge is 0.261 e. The number of para-hydroxylation sites is 2. The highest BCUT2D eigenvalue weighted by atomic mass is 32.2. The number of morpholine rings is 1. The predicted octanol–water partition coefficient (Wildman–Crippen LogP) is 1.38. The van der Waals surface area contributed by atoms with Gasteiger partial charge in [-0.15, -0.1) is 0 Å². The van der Waals surface area contributed by atoms with E-state index in [1.54, 1.807) is 24.3 Å². The van der Waals surface area contributed by atoms with E-state index < -0.39 is 15.9 Å². The van der Waals surface area contributed by atoms with Crippen LogP contribution in [0.3, 0.4) is 0 Å². The molecule has 1 aliphatic rings. The maximum atomic E-state index is 12.9. The highest BCUT2D eigenvalue weighted by Gasteiger charge is 2.26. The van der Waals surface area contributed by atoms with Gasteiger partial charge in [0.15, 0.2) is 5.65 Å². The lowest BCUT2D eigenvalue weighted by molar-refractivity contribution is 0.0730. The molecule has 1 saturated heterocycles. The Labute approximate surface area is 194 Å². The normalized spacial score (nSPS) is 14.8. The number of nitrogens with one attached hydrogen (secondary N) is 2. The molecule has 0 atom stereocenters. The number of carbonyl (C=O) groups excluding carboxylic acids is 1. The first kappa shape index (κ1) is 21.9. The third kappa shape index (κ3) is 3.98. The number of benzene rings is 2. The molecule has 2 aromatic heterocycles. The van der Waals surface area contributed by atoms with Crippen molar-refractivity contribution in [2.75, 3.05) is 31.6 Å². The summed E-state index contributed by atoms with van der Waals surface area (Å²) < 4.78 is 33.7. The van der Waals surface area contributed by atoms with Crippen LogP contribution in [-0.2, 0) is 14.8 Å². The SMILES string of the molecule is O=C(Nc1ccccc1-n1ncc2c(=O)[nH]cnc21)c1ccc(S(=O)(=O)N2CCOCC2)cc1. The largest absolute Gasteiger partial charge is 0.379 e. The van der Waals surface area contributed by atoms with Crippen LogP contribution in [0.1, 0.15) is 10.4 Å². The number of H-pyrrole nitrogens is 1. The van der Waals surface area contributed by atoms with E-state index in [-0.39, 0.29) is 16.0 Å². The van der Waals surface area contributed by atoms with E-state index in [4.69, 9.17) is 4.74 Å². The van der Waals surface area contributed by atoms with Crippen molar-refractivity contribution >= 4 is 32.7 Å². The van der Waals surface area contributed by atoms with Gasteiger partial charge in [-0.3, -0.25) is 9.59 Å². The monoisotopic (exact) mass is 480 g/mol. The van der Waals surface area contributed by atoms with Gasteiger partial charge >= 0.3 is 0 Å². The van der Waals surface area contributed by atoms with Gasteiger partial charge in [-0.1, -0.05) is 12.1 Å². The van der Waals surface area contributed by atoms with Crippen LogP contribution in [0.15, 0.2) is 70.7 Å². The van der Waals surface area contributed by atoms with E-state index in [1.807, 2.05) is 0 Å². The molecular formula is C22H20N6O5S. The van der Waals surface area contributed by atoms with Crippen molar-refractivity contribution in [1.82, 2.24) is 24.1 Å². The highest BCUT2D eigenvalue weighted by molar-refractivity contribution is 7.89. The molecule has 1 amide bonds. The average Bonchev–Trinajstić information content (AvgIpc) is 3.30. The molecule has 5 rings (SSSR count). The van der Waals surface area contributed by atoms with E-state index in [1.165, 1.54) is 45.8 Å². The van der Waals surface area contributed by atoms with Crippen LogP contribution in [0.4, 0.5) is 5.69 Å². The van der Waals surface area contributed by atoms with E-state index >= 15 is 0 Å². The number of aromatic nitrogens is 4. The molecule has 11 nitrogen and oxygen atoms in total. The second-order valence-corrected chi connectivity index (χ2v) is 9.48. The summed E-state index contributed by atoms with van der Waals surface area (Å²) in [5.74, 6) is -0.426. The van der Waals surface area contributed by atoms with Crippen LogP contribution in [0, 0.1) is 0 Å². The van der Waals surface area contributed by atoms with Crippen molar-refractivity contribution in [3.63, 3.8) is 0 Å². The quantitative estimate of drug-likeness (QED) is 0.440. The number of anilines is 1. The van der Waals surface area contributed by atoms with Gasteiger partial charge in [0, 0.05) is 18.7 Å². The molecular weight excluding hydrogens is 460 g/mol. The fourth-order valence-corrected chi connectivity index (χ4v) is 5.11. The van der Waals surface area contributed by atoms with Gasteiger partial charge in [-0.25, -0.2) is 18.1 Å². The zero-order chi connectivity index (χ0) is 23.7. The summed E-state index contributed by atoms with van der Waals surface area (Å²) in [5, 5.41) is 7.40. The zero-order valence-corrected chi connectivity index (χ0v) is 18.7. The minimum absolute atomic E-state index is 0.116. The third-order valence-electron chi connectivity index (χ3n) is 5.48. The molecule has 12 heteroatoms. The van der Waals surface area contributed by atoms with Crippen molar-refractivity contribution in [3.05, 3.63) is 77.0 Å².